The van der Waals surface area contributed by atoms with Crippen LogP contribution in [0.15, 0.2) is 16.5 Å². The van der Waals surface area contributed by atoms with Crippen molar-refractivity contribution in [1.82, 2.24) is 0 Å². The molecule has 3 nitrogen and oxygen atoms in total. The molecule has 1 radical (unpaired) electrons. The molecule has 0 unspecified atom stereocenters. The smallest absolute Gasteiger partial charge is 0.204 e. The van der Waals surface area contributed by atoms with E-state index >= 15 is 0 Å². The molecule has 0 heterocycles. The van der Waals surface area contributed by atoms with Crippen LogP contribution in [0.2, 0.25) is 0 Å². The molecule has 0 aliphatic rings. The zero-order chi connectivity index (χ0) is 7.49. The van der Waals surface area contributed by atoms with Crippen LogP contribution in [-0.4, -0.2) is 20.9 Å². The topological polar surface area (TPSA) is 46.5 Å². The van der Waals surface area contributed by atoms with Gasteiger partial charge in [0.1, 0.15) is 0 Å². The number of sulfonamides is 1. The molecule has 0 fully saturated rings. The molecular formula is C5H8NO2S. The summed E-state index contributed by atoms with van der Waals surface area (Å²) in [5.74, 6) is -0.212. The molecule has 4 heteroatoms. The summed E-state index contributed by atoms with van der Waals surface area (Å²) in [6, 6.07) is 0. The third kappa shape index (κ3) is 3.90. The second kappa shape index (κ2) is 2.77. The van der Waals surface area contributed by atoms with Gasteiger partial charge in [0.15, 0.2) is 0 Å². The van der Waals surface area contributed by atoms with Crippen LogP contribution in [0.5, 0.6) is 0 Å². The first-order valence-electron chi connectivity index (χ1n) is 2.18. The van der Waals surface area contributed by atoms with Crippen molar-refractivity contribution in [3.8, 4) is 0 Å². The highest BCUT2D eigenvalue weighted by molar-refractivity contribution is 7.90. The van der Waals surface area contributed by atoms with Gasteiger partial charge in [-0.15, -0.1) is 0 Å². The van der Waals surface area contributed by atoms with E-state index in [2.05, 4.69) is 24.6 Å². The fourth-order valence-electron chi connectivity index (χ4n) is 0.304. The first-order chi connectivity index (χ1) is 3.98. The van der Waals surface area contributed by atoms with E-state index in [0.717, 1.165) is 0 Å². The Morgan fingerprint density at radius 2 is 2.00 bits per heavy atom. The fraction of sp³-hybridized carbons (Fsp3) is 0.200. The largest absolute Gasteiger partial charge is 0.256 e. The predicted octanol–water partition coefficient (Wildman–Crippen LogP) is 0.407. The van der Waals surface area contributed by atoms with E-state index in [4.69, 9.17) is 0 Å². The molecule has 0 aromatic heterocycles. The summed E-state index contributed by atoms with van der Waals surface area (Å²) in [6.45, 7) is 9.50. The quantitative estimate of drug-likeness (QED) is 0.541. The van der Waals surface area contributed by atoms with Gasteiger partial charge in [-0.05, 0) is 6.92 Å². The summed E-state index contributed by atoms with van der Waals surface area (Å²) < 4.78 is 23.8. The maximum absolute atomic E-state index is 10.5. The van der Waals surface area contributed by atoms with E-state index in [9.17, 15) is 8.42 Å². The van der Waals surface area contributed by atoms with E-state index in [1.807, 2.05) is 0 Å². The van der Waals surface area contributed by atoms with Crippen LogP contribution >= 0.6 is 0 Å². The molecule has 0 atom stereocenters. The van der Waals surface area contributed by atoms with Gasteiger partial charge in [-0.1, -0.05) is 12.2 Å². The van der Waals surface area contributed by atoms with Gasteiger partial charge in [0, 0.05) is 6.72 Å². The lowest BCUT2D eigenvalue weighted by Crippen LogP contribution is -2.01. The zero-order valence-electron chi connectivity index (χ0n) is 5.00. The van der Waals surface area contributed by atoms with Gasteiger partial charge < -0.3 is 0 Å². The molecule has 51 valence electrons. The monoisotopic (exact) mass is 146 g/mol. The summed E-state index contributed by atoms with van der Waals surface area (Å²) in [5, 5.41) is 0. The highest BCUT2D eigenvalue weighted by Crippen LogP contribution is 1.96. The highest BCUT2D eigenvalue weighted by atomic mass is 32.2. The average Bonchev–Trinajstić information content (AvgIpc) is 1.63. The van der Waals surface area contributed by atoms with Crippen molar-refractivity contribution >= 4 is 16.7 Å². The van der Waals surface area contributed by atoms with Crippen LogP contribution in [0.4, 0.5) is 0 Å². The normalized spacial score (nSPS) is 10.8. The van der Waals surface area contributed by atoms with Crippen molar-refractivity contribution in [1.29, 1.82) is 0 Å². The van der Waals surface area contributed by atoms with Crippen molar-refractivity contribution in [2.75, 3.05) is 5.75 Å². The molecule has 9 heavy (non-hydrogen) atoms. The van der Waals surface area contributed by atoms with Crippen LogP contribution in [0.1, 0.15) is 0 Å². The second-order valence-corrected chi connectivity index (χ2v) is 3.32. The van der Waals surface area contributed by atoms with Crippen LogP contribution in [0, 0.1) is 6.92 Å². The van der Waals surface area contributed by atoms with Crippen molar-refractivity contribution in [2.45, 2.75) is 0 Å². The molecule has 0 aliphatic heterocycles. The molecule has 0 saturated heterocycles. The summed E-state index contributed by atoms with van der Waals surface area (Å²) in [6.07, 6.45) is 0. The molecule has 0 aromatic rings. The Bertz CT molecular complexity index is 215. The number of rotatable bonds is 3. The van der Waals surface area contributed by atoms with Crippen molar-refractivity contribution in [3.05, 3.63) is 19.1 Å². The van der Waals surface area contributed by atoms with Gasteiger partial charge in [-0.3, -0.25) is 0 Å². The summed E-state index contributed by atoms with van der Waals surface area (Å²) in [5.41, 5.74) is 0.322. The Morgan fingerprint density at radius 3 is 2.11 bits per heavy atom. The van der Waals surface area contributed by atoms with Gasteiger partial charge in [-0.2, -0.15) is 4.40 Å². The lowest BCUT2D eigenvalue weighted by atomic mass is 10.4. The van der Waals surface area contributed by atoms with Crippen LogP contribution in [0.3, 0.4) is 0 Å². The van der Waals surface area contributed by atoms with Crippen LogP contribution in [-0.2, 0) is 10.0 Å². The van der Waals surface area contributed by atoms with Crippen molar-refractivity contribution < 1.29 is 8.42 Å². The minimum atomic E-state index is -3.37. The highest BCUT2D eigenvalue weighted by Gasteiger charge is 2.04. The van der Waals surface area contributed by atoms with Gasteiger partial charge in [0.2, 0.25) is 0 Å². The third-order valence-electron chi connectivity index (χ3n) is 0.583. The van der Waals surface area contributed by atoms with Gasteiger partial charge in [-0.25, -0.2) is 8.42 Å². The molecule has 0 rings (SSSR count). The summed E-state index contributed by atoms with van der Waals surface area (Å²) >= 11 is 0. The third-order valence-corrected chi connectivity index (χ3v) is 1.75. The van der Waals surface area contributed by atoms with E-state index in [1.165, 1.54) is 0 Å². The number of nitrogens with zero attached hydrogens (tertiary/aromatic N) is 1. The molecule has 0 N–H and O–H groups in total. The SMILES string of the molecule is [CH2]C(=C)CS(=O)(=O)N=C. The van der Waals surface area contributed by atoms with Gasteiger partial charge >= 0.3 is 0 Å². The van der Waals surface area contributed by atoms with E-state index in [1.54, 1.807) is 0 Å². The van der Waals surface area contributed by atoms with Crippen molar-refractivity contribution in [2.24, 2.45) is 4.40 Å². The number of hydrogen-bond donors (Lipinski definition) is 0. The van der Waals surface area contributed by atoms with Gasteiger partial charge in [0.25, 0.3) is 10.0 Å². The van der Waals surface area contributed by atoms with Crippen molar-refractivity contribution in [3.63, 3.8) is 0 Å². The van der Waals surface area contributed by atoms with Gasteiger partial charge in [0.05, 0.1) is 5.75 Å². The first-order valence-corrected chi connectivity index (χ1v) is 3.79. The Kier molecular flexibility index (Phi) is 2.58. The molecular weight excluding hydrogens is 138 g/mol. The van der Waals surface area contributed by atoms with Crippen LogP contribution in [0.25, 0.3) is 0 Å². The Balaban J connectivity index is 4.23. The van der Waals surface area contributed by atoms with E-state index in [-0.39, 0.29) is 5.75 Å². The molecule has 0 aliphatic carbocycles. The Labute approximate surface area is 55.2 Å². The summed E-state index contributed by atoms with van der Waals surface area (Å²) in [4.78, 5) is 0. The molecule has 0 saturated carbocycles. The van der Waals surface area contributed by atoms with E-state index in [0.29, 0.717) is 5.57 Å². The first kappa shape index (κ1) is 8.36. The predicted molar refractivity (Wildman–Crippen MR) is 37.8 cm³/mol. The average molecular weight is 146 g/mol. The zero-order valence-corrected chi connectivity index (χ0v) is 5.82. The minimum absolute atomic E-state index is 0.212. The molecule has 0 aromatic carbocycles. The molecule has 0 bridgehead atoms. The van der Waals surface area contributed by atoms with Crippen LogP contribution < -0.4 is 0 Å². The number of hydrogen-bond acceptors (Lipinski definition) is 2. The van der Waals surface area contributed by atoms with E-state index < -0.39 is 10.0 Å². The fourth-order valence-corrected chi connectivity index (χ4v) is 0.911. The maximum Gasteiger partial charge on any atom is 0.256 e. The minimum Gasteiger partial charge on any atom is -0.204 e. The Hall–Kier alpha value is -0.640. The Morgan fingerprint density at radius 1 is 1.56 bits per heavy atom. The standard InChI is InChI=1S/C5H8NO2S/c1-5(2)4-9(7,8)6-3/h1-4H2. The lowest BCUT2D eigenvalue weighted by molar-refractivity contribution is 0.600. The molecule has 0 spiro atoms. The maximum atomic E-state index is 10.5. The lowest BCUT2D eigenvalue weighted by Gasteiger charge is -1.92. The molecule has 0 amide bonds. The summed E-state index contributed by atoms with van der Waals surface area (Å²) in [7, 11) is -3.37. The second-order valence-electron chi connectivity index (χ2n) is 1.61.